The van der Waals surface area contributed by atoms with E-state index in [4.69, 9.17) is 0 Å². The third kappa shape index (κ3) is 3.55. The van der Waals surface area contributed by atoms with Gasteiger partial charge < -0.3 is 10.6 Å². The maximum Gasteiger partial charge on any atom is 0.293 e. The van der Waals surface area contributed by atoms with Crippen LogP contribution in [-0.2, 0) is 0 Å². The third-order valence-corrected chi connectivity index (χ3v) is 3.80. The van der Waals surface area contributed by atoms with Crippen LogP contribution < -0.4 is 10.6 Å². The third-order valence-electron chi connectivity index (χ3n) is 3.13. The summed E-state index contributed by atoms with van der Waals surface area (Å²) in [6.45, 7) is 1.85. The fourth-order valence-electron chi connectivity index (χ4n) is 2.19. The van der Waals surface area contributed by atoms with Crippen LogP contribution in [0.5, 0.6) is 0 Å². The molecule has 98 valence electrons. The Bertz CT molecular complexity index is 433. The van der Waals surface area contributed by atoms with E-state index in [0.29, 0.717) is 11.7 Å². The molecular formula is C12H16IN3O2. The highest BCUT2D eigenvalue weighted by Gasteiger charge is 2.16. The van der Waals surface area contributed by atoms with Gasteiger partial charge in [-0.1, -0.05) is 0 Å². The Morgan fingerprint density at radius 1 is 1.56 bits per heavy atom. The van der Waals surface area contributed by atoms with Crippen molar-refractivity contribution in [3.63, 3.8) is 0 Å². The van der Waals surface area contributed by atoms with Crippen molar-refractivity contribution in [3.8, 4) is 0 Å². The Morgan fingerprint density at radius 3 is 3.06 bits per heavy atom. The minimum absolute atomic E-state index is 0.154. The number of nitrogens with zero attached hydrogens (tertiary/aromatic N) is 1. The summed E-state index contributed by atoms with van der Waals surface area (Å²) >= 11 is 2.08. The molecule has 1 aliphatic rings. The summed E-state index contributed by atoms with van der Waals surface area (Å²) in [7, 11) is 0. The normalized spacial score (nSPS) is 18.8. The number of rotatable bonds is 5. The molecule has 1 aromatic rings. The molecule has 0 radical (unpaired) electrons. The minimum Gasteiger partial charge on any atom is -0.379 e. The highest BCUT2D eigenvalue weighted by molar-refractivity contribution is 14.1. The molecule has 0 unspecified atom stereocenters. The zero-order valence-corrected chi connectivity index (χ0v) is 12.1. The molecule has 2 rings (SSSR count). The quantitative estimate of drug-likeness (QED) is 0.481. The number of anilines is 1. The number of benzene rings is 1. The number of hydrogen-bond acceptors (Lipinski definition) is 4. The first-order chi connectivity index (χ1) is 8.66. The van der Waals surface area contributed by atoms with Gasteiger partial charge in [0.2, 0.25) is 0 Å². The Morgan fingerprint density at radius 2 is 2.39 bits per heavy atom. The van der Waals surface area contributed by atoms with Gasteiger partial charge in [-0.2, -0.15) is 0 Å². The van der Waals surface area contributed by atoms with Crippen molar-refractivity contribution in [1.29, 1.82) is 0 Å². The van der Waals surface area contributed by atoms with Crippen LogP contribution in [-0.4, -0.2) is 24.1 Å². The van der Waals surface area contributed by atoms with E-state index in [1.807, 2.05) is 6.07 Å². The van der Waals surface area contributed by atoms with Gasteiger partial charge >= 0.3 is 0 Å². The minimum atomic E-state index is -0.335. The Hall–Kier alpha value is -0.890. The van der Waals surface area contributed by atoms with Crippen LogP contribution in [0.15, 0.2) is 18.2 Å². The van der Waals surface area contributed by atoms with Gasteiger partial charge in [0.1, 0.15) is 5.69 Å². The average Bonchev–Trinajstić information content (AvgIpc) is 2.84. The summed E-state index contributed by atoms with van der Waals surface area (Å²) in [5.41, 5.74) is 0.764. The highest BCUT2D eigenvalue weighted by Crippen LogP contribution is 2.26. The monoisotopic (exact) mass is 361 g/mol. The van der Waals surface area contributed by atoms with E-state index >= 15 is 0 Å². The lowest BCUT2D eigenvalue weighted by Crippen LogP contribution is -2.24. The first kappa shape index (κ1) is 13.5. The number of nitro groups is 1. The summed E-state index contributed by atoms with van der Waals surface area (Å²) in [6, 6.07) is 5.81. The predicted molar refractivity (Wildman–Crippen MR) is 79.9 cm³/mol. The largest absolute Gasteiger partial charge is 0.379 e. The lowest BCUT2D eigenvalue weighted by Gasteiger charge is -2.11. The van der Waals surface area contributed by atoms with Crippen LogP contribution in [0.3, 0.4) is 0 Å². The maximum atomic E-state index is 10.9. The molecule has 0 bridgehead atoms. The molecule has 0 spiro atoms. The molecule has 1 heterocycles. The van der Waals surface area contributed by atoms with Crippen molar-refractivity contribution in [3.05, 3.63) is 31.9 Å². The van der Waals surface area contributed by atoms with E-state index in [1.54, 1.807) is 12.1 Å². The van der Waals surface area contributed by atoms with Gasteiger partial charge in [-0.25, -0.2) is 0 Å². The van der Waals surface area contributed by atoms with Crippen LogP contribution in [0.2, 0.25) is 0 Å². The van der Waals surface area contributed by atoms with Gasteiger partial charge in [0.25, 0.3) is 5.69 Å². The van der Waals surface area contributed by atoms with Gasteiger partial charge in [0.15, 0.2) is 0 Å². The second-order valence-corrected chi connectivity index (χ2v) is 5.67. The lowest BCUT2D eigenvalue weighted by atomic mass is 10.1. The van der Waals surface area contributed by atoms with Crippen molar-refractivity contribution in [2.75, 3.05) is 18.4 Å². The van der Waals surface area contributed by atoms with Gasteiger partial charge in [-0.05, 0) is 60.5 Å². The van der Waals surface area contributed by atoms with Crippen LogP contribution in [0.4, 0.5) is 11.4 Å². The molecule has 1 aromatic carbocycles. The first-order valence-corrected chi connectivity index (χ1v) is 7.16. The molecule has 0 saturated carbocycles. The van der Waals surface area contributed by atoms with E-state index in [-0.39, 0.29) is 10.6 Å². The lowest BCUT2D eigenvalue weighted by molar-refractivity contribution is -0.384. The summed E-state index contributed by atoms with van der Waals surface area (Å²) in [5.74, 6) is 0. The van der Waals surface area contributed by atoms with E-state index in [0.717, 1.165) is 23.1 Å². The summed E-state index contributed by atoms with van der Waals surface area (Å²) in [6.07, 6.45) is 3.44. The van der Waals surface area contributed by atoms with E-state index in [9.17, 15) is 10.1 Å². The second kappa shape index (κ2) is 6.33. The molecule has 1 aliphatic heterocycles. The number of halogens is 1. The summed E-state index contributed by atoms with van der Waals surface area (Å²) in [5, 5.41) is 17.5. The molecule has 0 aromatic heterocycles. The first-order valence-electron chi connectivity index (χ1n) is 6.08. The standard InChI is InChI=1S/C12H16IN3O2/c13-9-3-4-11(12(8-9)16(17)18)15-7-5-10-2-1-6-14-10/h3-4,8,10,14-15H,1-2,5-7H2/t10-/m0/s1. The highest BCUT2D eigenvalue weighted by atomic mass is 127. The van der Waals surface area contributed by atoms with E-state index in [2.05, 4.69) is 33.2 Å². The Kier molecular flexibility index (Phi) is 4.76. The van der Waals surface area contributed by atoms with Crippen molar-refractivity contribution < 1.29 is 4.92 Å². The molecule has 0 aliphatic carbocycles. The van der Waals surface area contributed by atoms with Gasteiger partial charge in [-0.3, -0.25) is 10.1 Å². The SMILES string of the molecule is O=[N+]([O-])c1cc(I)ccc1NCC[C@@H]1CCCN1. The van der Waals surface area contributed by atoms with Crippen molar-refractivity contribution in [2.45, 2.75) is 25.3 Å². The topological polar surface area (TPSA) is 67.2 Å². The zero-order valence-electron chi connectivity index (χ0n) is 9.99. The zero-order chi connectivity index (χ0) is 13.0. The van der Waals surface area contributed by atoms with Gasteiger partial charge in [0.05, 0.1) is 4.92 Å². The fraction of sp³-hybridized carbons (Fsp3) is 0.500. The predicted octanol–water partition coefficient (Wildman–Crippen LogP) is 2.75. The molecule has 1 fully saturated rings. The number of hydrogen-bond donors (Lipinski definition) is 2. The van der Waals surface area contributed by atoms with E-state index < -0.39 is 0 Å². The van der Waals surface area contributed by atoms with Crippen LogP contribution in [0.25, 0.3) is 0 Å². The molecule has 1 atom stereocenters. The molecule has 2 N–H and O–H groups in total. The number of nitro benzene ring substituents is 1. The summed E-state index contributed by atoms with van der Waals surface area (Å²) in [4.78, 5) is 10.6. The van der Waals surface area contributed by atoms with Crippen LogP contribution >= 0.6 is 22.6 Å². The molecule has 18 heavy (non-hydrogen) atoms. The van der Waals surface area contributed by atoms with Gasteiger partial charge in [0, 0.05) is 22.2 Å². The Balaban J connectivity index is 1.93. The Labute approximate surface area is 120 Å². The average molecular weight is 361 g/mol. The summed E-state index contributed by atoms with van der Waals surface area (Å²) < 4.78 is 0.877. The smallest absolute Gasteiger partial charge is 0.293 e. The van der Waals surface area contributed by atoms with Crippen LogP contribution in [0, 0.1) is 13.7 Å². The van der Waals surface area contributed by atoms with E-state index in [1.165, 1.54) is 12.8 Å². The molecule has 5 nitrogen and oxygen atoms in total. The second-order valence-electron chi connectivity index (χ2n) is 4.43. The molecule has 1 saturated heterocycles. The van der Waals surface area contributed by atoms with Crippen molar-refractivity contribution in [2.24, 2.45) is 0 Å². The van der Waals surface area contributed by atoms with Crippen molar-refractivity contribution >= 4 is 34.0 Å². The molecule has 6 heteroatoms. The fourth-order valence-corrected chi connectivity index (χ4v) is 2.66. The molecular weight excluding hydrogens is 345 g/mol. The van der Waals surface area contributed by atoms with Crippen LogP contribution in [0.1, 0.15) is 19.3 Å². The van der Waals surface area contributed by atoms with Gasteiger partial charge in [-0.15, -0.1) is 0 Å². The van der Waals surface area contributed by atoms with Crippen molar-refractivity contribution in [1.82, 2.24) is 5.32 Å². The maximum absolute atomic E-state index is 10.9. The molecule has 0 amide bonds. The number of nitrogens with one attached hydrogen (secondary N) is 2.